The third kappa shape index (κ3) is 1.16. The van der Waals surface area contributed by atoms with E-state index < -0.39 is 18.2 Å². The van der Waals surface area contributed by atoms with Gasteiger partial charge in [-0.2, -0.15) is 0 Å². The van der Waals surface area contributed by atoms with Gasteiger partial charge in [-0.25, -0.2) is 14.5 Å². The monoisotopic (exact) mass is 183 g/mol. The average molecular weight is 183 g/mol. The van der Waals surface area contributed by atoms with E-state index in [1.54, 1.807) is 6.08 Å². The highest BCUT2D eigenvalue weighted by molar-refractivity contribution is 5.89. The molecule has 5 nitrogen and oxygen atoms in total. The van der Waals surface area contributed by atoms with E-state index in [0.717, 1.165) is 11.3 Å². The third-order valence-corrected chi connectivity index (χ3v) is 2.29. The van der Waals surface area contributed by atoms with Crippen molar-refractivity contribution in [1.82, 2.24) is 4.90 Å². The predicted molar refractivity (Wildman–Crippen MR) is 42.3 cm³/mol. The van der Waals surface area contributed by atoms with Crippen molar-refractivity contribution in [1.29, 1.82) is 0 Å². The van der Waals surface area contributed by atoms with Crippen LogP contribution >= 0.6 is 0 Å². The zero-order valence-electron chi connectivity index (χ0n) is 6.84. The Morgan fingerprint density at radius 3 is 3.15 bits per heavy atom. The minimum absolute atomic E-state index is 0.284. The smallest absolute Gasteiger partial charge is 0.420 e. The van der Waals surface area contributed by atoms with Gasteiger partial charge in [0.25, 0.3) is 0 Å². The van der Waals surface area contributed by atoms with Crippen LogP contribution in [0.15, 0.2) is 12.2 Å². The molecule has 2 unspecified atom stereocenters. The van der Waals surface area contributed by atoms with Crippen molar-refractivity contribution >= 4 is 12.2 Å². The molecule has 0 aromatic heterocycles. The van der Waals surface area contributed by atoms with Gasteiger partial charge in [-0.1, -0.05) is 12.2 Å². The number of carbonyl (C=O) groups is 2. The zero-order chi connectivity index (χ0) is 9.42. The topological polar surface area (TPSA) is 66.8 Å². The van der Waals surface area contributed by atoms with E-state index in [-0.39, 0.29) is 6.10 Å². The summed E-state index contributed by atoms with van der Waals surface area (Å²) in [5.74, 6) is 0. The second kappa shape index (κ2) is 2.76. The van der Waals surface area contributed by atoms with Gasteiger partial charge in [0.15, 0.2) is 0 Å². The number of amides is 2. The quantitative estimate of drug-likeness (QED) is 0.573. The van der Waals surface area contributed by atoms with Crippen molar-refractivity contribution in [3.05, 3.63) is 12.2 Å². The minimum atomic E-state index is -1.25. The lowest BCUT2D eigenvalue weighted by molar-refractivity contribution is 0.124. The lowest BCUT2D eigenvalue weighted by Crippen LogP contribution is -2.39. The lowest BCUT2D eigenvalue weighted by Gasteiger charge is -2.20. The first-order chi connectivity index (χ1) is 6.20. The van der Waals surface area contributed by atoms with Crippen molar-refractivity contribution in [3.8, 4) is 0 Å². The standard InChI is InChI=1S/C8H9NO4/c10-7(11)9-5-3-1-2-4-6(5)13-8(9)12/h1,3,5-6H,2,4H2,(H,10,11). The number of fused-ring (bicyclic) bond motifs is 1. The van der Waals surface area contributed by atoms with Crippen LogP contribution in [0.2, 0.25) is 0 Å². The van der Waals surface area contributed by atoms with Gasteiger partial charge in [-0.05, 0) is 12.8 Å². The summed E-state index contributed by atoms with van der Waals surface area (Å²) in [5.41, 5.74) is 0. The lowest BCUT2D eigenvalue weighted by atomic mass is 10.00. The summed E-state index contributed by atoms with van der Waals surface area (Å²) in [5, 5.41) is 8.71. The molecule has 70 valence electrons. The fraction of sp³-hybridized carbons (Fsp3) is 0.500. The van der Waals surface area contributed by atoms with E-state index in [1.165, 1.54) is 0 Å². The van der Waals surface area contributed by atoms with Crippen LogP contribution in [-0.4, -0.2) is 34.3 Å². The number of carbonyl (C=O) groups excluding carboxylic acids is 1. The van der Waals surface area contributed by atoms with Crippen LogP contribution in [0.3, 0.4) is 0 Å². The molecule has 0 aromatic carbocycles. The molecule has 2 amide bonds. The summed E-state index contributed by atoms with van der Waals surface area (Å²) in [4.78, 5) is 22.5. The van der Waals surface area contributed by atoms with Crippen molar-refractivity contribution in [2.45, 2.75) is 25.0 Å². The van der Waals surface area contributed by atoms with Crippen molar-refractivity contribution in [3.63, 3.8) is 0 Å². The molecule has 1 aliphatic heterocycles. The molecule has 0 bridgehead atoms. The van der Waals surface area contributed by atoms with Gasteiger partial charge in [-0.3, -0.25) is 0 Å². The second-order valence-corrected chi connectivity index (χ2v) is 3.07. The number of imide groups is 1. The van der Waals surface area contributed by atoms with E-state index in [2.05, 4.69) is 0 Å². The SMILES string of the molecule is O=C(O)N1C(=O)OC2CCC=CC21. The van der Waals surface area contributed by atoms with Crippen LogP contribution in [0.1, 0.15) is 12.8 Å². The van der Waals surface area contributed by atoms with Crippen LogP contribution < -0.4 is 0 Å². The van der Waals surface area contributed by atoms with Gasteiger partial charge in [0, 0.05) is 0 Å². The van der Waals surface area contributed by atoms with Crippen LogP contribution in [0.5, 0.6) is 0 Å². The summed E-state index contributed by atoms with van der Waals surface area (Å²) >= 11 is 0. The van der Waals surface area contributed by atoms with Crippen molar-refractivity contribution in [2.75, 3.05) is 0 Å². The first-order valence-corrected chi connectivity index (χ1v) is 4.09. The Labute approximate surface area is 74.6 Å². The molecule has 1 fully saturated rings. The van der Waals surface area contributed by atoms with Gasteiger partial charge in [0.05, 0.1) is 0 Å². The predicted octanol–water partition coefficient (Wildman–Crippen LogP) is 1.20. The molecule has 0 spiro atoms. The second-order valence-electron chi connectivity index (χ2n) is 3.07. The molecular formula is C8H9NO4. The Kier molecular flexibility index (Phi) is 1.72. The summed E-state index contributed by atoms with van der Waals surface area (Å²) in [6.07, 6.45) is 2.84. The number of carboxylic acid groups (broad SMARTS) is 1. The Morgan fingerprint density at radius 2 is 2.46 bits per heavy atom. The molecule has 2 atom stereocenters. The average Bonchev–Trinajstić information content (AvgIpc) is 2.39. The number of allylic oxidation sites excluding steroid dienone is 1. The normalized spacial score (nSPS) is 31.4. The summed E-state index contributed by atoms with van der Waals surface area (Å²) in [6, 6.07) is -0.418. The van der Waals surface area contributed by atoms with Crippen LogP contribution in [0.25, 0.3) is 0 Å². The van der Waals surface area contributed by atoms with E-state index in [1.807, 2.05) is 6.08 Å². The molecular weight excluding hydrogens is 174 g/mol. The molecule has 1 saturated heterocycles. The number of rotatable bonds is 0. The Hall–Kier alpha value is -1.52. The highest BCUT2D eigenvalue weighted by atomic mass is 16.6. The highest BCUT2D eigenvalue weighted by Gasteiger charge is 2.44. The minimum Gasteiger partial charge on any atom is -0.465 e. The van der Waals surface area contributed by atoms with Crippen LogP contribution in [0.4, 0.5) is 9.59 Å². The number of hydrogen-bond donors (Lipinski definition) is 1. The highest BCUT2D eigenvalue weighted by Crippen LogP contribution is 2.27. The van der Waals surface area contributed by atoms with E-state index in [4.69, 9.17) is 9.84 Å². The molecule has 0 saturated carbocycles. The molecule has 2 rings (SSSR count). The molecule has 1 aliphatic carbocycles. The Balaban J connectivity index is 2.26. The largest absolute Gasteiger partial charge is 0.465 e. The van der Waals surface area contributed by atoms with Gasteiger partial charge >= 0.3 is 12.2 Å². The number of hydrogen-bond acceptors (Lipinski definition) is 3. The molecule has 0 aromatic rings. The zero-order valence-corrected chi connectivity index (χ0v) is 6.84. The Morgan fingerprint density at radius 1 is 1.69 bits per heavy atom. The van der Waals surface area contributed by atoms with Gasteiger partial charge < -0.3 is 9.84 Å². The van der Waals surface area contributed by atoms with Gasteiger partial charge in [0.2, 0.25) is 0 Å². The summed E-state index contributed by atoms with van der Waals surface area (Å²) < 4.78 is 4.89. The maximum Gasteiger partial charge on any atom is 0.420 e. The molecule has 5 heteroatoms. The van der Waals surface area contributed by atoms with Gasteiger partial charge in [-0.15, -0.1) is 0 Å². The first-order valence-electron chi connectivity index (χ1n) is 4.09. The van der Waals surface area contributed by atoms with Crippen molar-refractivity contribution < 1.29 is 19.4 Å². The van der Waals surface area contributed by atoms with Crippen LogP contribution in [-0.2, 0) is 4.74 Å². The molecule has 1 heterocycles. The molecule has 13 heavy (non-hydrogen) atoms. The third-order valence-electron chi connectivity index (χ3n) is 2.29. The summed E-state index contributed by atoms with van der Waals surface area (Å²) in [6.45, 7) is 0. The van der Waals surface area contributed by atoms with Crippen molar-refractivity contribution in [2.24, 2.45) is 0 Å². The maximum atomic E-state index is 11.1. The fourth-order valence-electron chi connectivity index (χ4n) is 1.69. The van der Waals surface area contributed by atoms with E-state index >= 15 is 0 Å². The van der Waals surface area contributed by atoms with E-state index in [0.29, 0.717) is 6.42 Å². The fourth-order valence-corrected chi connectivity index (χ4v) is 1.69. The number of ether oxygens (including phenoxy) is 1. The summed E-state index contributed by atoms with van der Waals surface area (Å²) in [7, 11) is 0. The van der Waals surface area contributed by atoms with Gasteiger partial charge in [0.1, 0.15) is 12.1 Å². The maximum absolute atomic E-state index is 11.1. The first kappa shape index (κ1) is 8.10. The molecule has 2 aliphatic rings. The molecule has 0 radical (unpaired) electrons. The van der Waals surface area contributed by atoms with Crippen LogP contribution in [0, 0.1) is 0 Å². The molecule has 1 N–H and O–H groups in total. The Bertz CT molecular complexity index is 286. The van der Waals surface area contributed by atoms with E-state index in [9.17, 15) is 9.59 Å². The number of nitrogens with zero attached hydrogens (tertiary/aromatic N) is 1.